The van der Waals surface area contributed by atoms with Crippen LogP contribution in [0.5, 0.6) is 0 Å². The highest BCUT2D eigenvalue weighted by molar-refractivity contribution is 8.45. The van der Waals surface area contributed by atoms with Crippen LogP contribution in [0.15, 0.2) is 29.3 Å². The first-order valence-corrected chi connectivity index (χ1v) is 7.62. The molecule has 1 aromatic carbocycles. The third-order valence-electron chi connectivity index (χ3n) is 2.79. The van der Waals surface area contributed by atoms with E-state index in [4.69, 9.17) is 5.11 Å². The SMILES string of the molecule is OCCNCc1c[nH]c2ccc(S(F)(F)(F)(F)F)cc12. The van der Waals surface area contributed by atoms with Crippen LogP contribution in [0.4, 0.5) is 19.4 Å². The van der Waals surface area contributed by atoms with Gasteiger partial charge in [-0.1, -0.05) is 19.4 Å². The highest BCUT2D eigenvalue weighted by Crippen LogP contribution is 3.02. The highest BCUT2D eigenvalue weighted by atomic mass is 32.5. The molecular formula is C11H13F5N2OS. The molecule has 0 bridgehead atoms. The van der Waals surface area contributed by atoms with Crippen LogP contribution in [-0.2, 0) is 6.54 Å². The van der Waals surface area contributed by atoms with Crippen molar-refractivity contribution in [2.45, 2.75) is 11.4 Å². The van der Waals surface area contributed by atoms with Gasteiger partial charge in [0.05, 0.1) is 6.61 Å². The molecule has 2 aromatic rings. The molecule has 9 heteroatoms. The van der Waals surface area contributed by atoms with Gasteiger partial charge in [-0.05, 0) is 23.8 Å². The zero-order valence-corrected chi connectivity index (χ0v) is 11.0. The fourth-order valence-corrected chi connectivity index (χ4v) is 2.51. The van der Waals surface area contributed by atoms with E-state index in [0.717, 1.165) is 6.07 Å². The Kier molecular flexibility index (Phi) is 3.08. The lowest BCUT2D eigenvalue weighted by Crippen LogP contribution is -2.17. The van der Waals surface area contributed by atoms with E-state index in [1.54, 1.807) is 0 Å². The molecule has 1 aromatic heterocycles. The van der Waals surface area contributed by atoms with Gasteiger partial charge >= 0.3 is 10.2 Å². The van der Waals surface area contributed by atoms with E-state index >= 15 is 0 Å². The fraction of sp³-hybridized carbons (Fsp3) is 0.273. The summed E-state index contributed by atoms with van der Waals surface area (Å²) in [6.45, 7) is 0.303. The molecule has 0 aliphatic carbocycles. The second-order valence-electron chi connectivity index (χ2n) is 4.39. The molecule has 1 heterocycles. The average molecular weight is 316 g/mol. The molecule has 3 nitrogen and oxygen atoms in total. The first-order valence-electron chi connectivity index (χ1n) is 5.67. The number of hydrogen-bond donors (Lipinski definition) is 3. The number of hydrogen-bond acceptors (Lipinski definition) is 2. The molecular weight excluding hydrogens is 303 g/mol. The number of H-pyrrole nitrogens is 1. The number of fused-ring (bicyclic) bond motifs is 1. The third-order valence-corrected chi connectivity index (χ3v) is 3.93. The Morgan fingerprint density at radius 3 is 2.45 bits per heavy atom. The van der Waals surface area contributed by atoms with Crippen molar-refractivity contribution in [3.63, 3.8) is 0 Å². The van der Waals surface area contributed by atoms with Gasteiger partial charge in [-0.3, -0.25) is 0 Å². The fourth-order valence-electron chi connectivity index (χ4n) is 1.85. The van der Waals surface area contributed by atoms with Crippen LogP contribution in [0.25, 0.3) is 10.9 Å². The number of aliphatic hydroxyl groups is 1. The summed E-state index contributed by atoms with van der Waals surface area (Å²) in [7, 11) is -9.67. The van der Waals surface area contributed by atoms with Gasteiger partial charge in [0.15, 0.2) is 0 Å². The smallest absolute Gasteiger partial charge is 0.310 e. The summed E-state index contributed by atoms with van der Waals surface area (Å²) < 4.78 is 63.8. The average Bonchev–Trinajstić information content (AvgIpc) is 2.69. The minimum absolute atomic E-state index is 0.0844. The molecule has 3 N–H and O–H groups in total. The largest absolute Gasteiger partial charge is 0.395 e. The number of aromatic nitrogens is 1. The van der Waals surface area contributed by atoms with Crippen LogP contribution < -0.4 is 5.32 Å². The Morgan fingerprint density at radius 1 is 1.15 bits per heavy atom. The van der Waals surface area contributed by atoms with Crippen LogP contribution in [0.1, 0.15) is 5.56 Å². The van der Waals surface area contributed by atoms with E-state index in [2.05, 4.69) is 10.3 Å². The Bertz CT molecular complexity index is 637. The van der Waals surface area contributed by atoms with Crippen molar-refractivity contribution < 1.29 is 24.5 Å². The quantitative estimate of drug-likeness (QED) is 0.578. The van der Waals surface area contributed by atoms with Crippen LogP contribution in [0.2, 0.25) is 0 Å². The second-order valence-corrected chi connectivity index (χ2v) is 6.80. The van der Waals surface area contributed by atoms with Crippen LogP contribution in [-0.4, -0.2) is 23.2 Å². The Balaban J connectivity index is 2.46. The molecule has 0 aliphatic rings. The van der Waals surface area contributed by atoms with Gasteiger partial charge in [0.2, 0.25) is 0 Å². The number of nitrogens with one attached hydrogen (secondary N) is 2. The van der Waals surface area contributed by atoms with Crippen molar-refractivity contribution in [3.05, 3.63) is 30.0 Å². The summed E-state index contributed by atoms with van der Waals surface area (Å²) in [6, 6.07) is 1.83. The van der Waals surface area contributed by atoms with Crippen LogP contribution in [0, 0.1) is 0 Å². The normalized spacial score (nSPS) is 16.1. The van der Waals surface area contributed by atoms with Crippen LogP contribution in [0.3, 0.4) is 0 Å². The van der Waals surface area contributed by atoms with Gasteiger partial charge < -0.3 is 15.4 Å². The topological polar surface area (TPSA) is 48.0 Å². The standard InChI is InChI=1S/C11H13F5N2OS/c12-20(13,14,15,16)9-1-2-11-10(5-9)8(7-18-11)6-17-3-4-19/h1-2,5,7,17-19H,3-4,6H2. The lowest BCUT2D eigenvalue weighted by molar-refractivity contribution is 0.292. The van der Waals surface area contributed by atoms with Crippen LogP contribution >= 0.6 is 10.2 Å². The summed E-state index contributed by atoms with van der Waals surface area (Å²) in [5.74, 6) is 0. The van der Waals surface area contributed by atoms with E-state index in [-0.39, 0.29) is 25.1 Å². The van der Waals surface area contributed by atoms with Crippen molar-refractivity contribution in [3.8, 4) is 0 Å². The van der Waals surface area contributed by atoms with Crippen molar-refractivity contribution in [2.24, 2.45) is 0 Å². The van der Waals surface area contributed by atoms with E-state index in [0.29, 0.717) is 23.2 Å². The van der Waals surface area contributed by atoms with Gasteiger partial charge in [0.25, 0.3) is 0 Å². The minimum atomic E-state index is -9.67. The number of rotatable bonds is 5. The molecule has 20 heavy (non-hydrogen) atoms. The molecule has 0 unspecified atom stereocenters. The molecule has 0 saturated carbocycles. The number of aliphatic hydroxyl groups excluding tert-OH is 1. The third kappa shape index (κ3) is 3.22. The predicted octanol–water partition coefficient (Wildman–Crippen LogP) is 3.91. The van der Waals surface area contributed by atoms with Gasteiger partial charge in [-0.15, -0.1) is 0 Å². The maximum Gasteiger partial charge on any atom is 0.310 e. The van der Waals surface area contributed by atoms with E-state index in [9.17, 15) is 19.4 Å². The van der Waals surface area contributed by atoms with Crippen molar-refractivity contribution in [1.82, 2.24) is 10.3 Å². The first kappa shape index (κ1) is 15.1. The molecule has 0 aliphatic heterocycles. The lowest BCUT2D eigenvalue weighted by atomic mass is 10.2. The van der Waals surface area contributed by atoms with Crippen molar-refractivity contribution in [2.75, 3.05) is 13.2 Å². The zero-order chi connectivity index (χ0) is 15.1. The van der Waals surface area contributed by atoms with Gasteiger partial charge in [0.1, 0.15) is 4.90 Å². The van der Waals surface area contributed by atoms with Gasteiger partial charge in [0, 0.05) is 30.2 Å². The number of benzene rings is 1. The first-order chi connectivity index (χ1) is 9.01. The highest BCUT2D eigenvalue weighted by Gasteiger charge is 2.65. The van der Waals surface area contributed by atoms with E-state index < -0.39 is 15.1 Å². The number of halogens is 5. The van der Waals surface area contributed by atoms with E-state index in [1.807, 2.05) is 0 Å². The van der Waals surface area contributed by atoms with Gasteiger partial charge in [-0.25, -0.2) is 0 Å². The minimum Gasteiger partial charge on any atom is -0.395 e. The molecule has 0 saturated heterocycles. The molecule has 2 rings (SSSR count). The molecule has 0 spiro atoms. The maximum absolute atomic E-state index is 12.8. The molecule has 0 radical (unpaired) electrons. The summed E-state index contributed by atoms with van der Waals surface area (Å²) in [6.07, 6.45) is 1.45. The Hall–Kier alpha value is -1.32. The number of aromatic amines is 1. The van der Waals surface area contributed by atoms with Crippen molar-refractivity contribution in [1.29, 1.82) is 0 Å². The van der Waals surface area contributed by atoms with E-state index in [1.165, 1.54) is 6.20 Å². The monoisotopic (exact) mass is 316 g/mol. The predicted molar refractivity (Wildman–Crippen MR) is 68.5 cm³/mol. The molecule has 0 amide bonds. The maximum atomic E-state index is 12.8. The van der Waals surface area contributed by atoms with Gasteiger partial charge in [-0.2, -0.15) is 0 Å². The molecule has 114 valence electrons. The second kappa shape index (κ2) is 4.09. The Morgan fingerprint density at radius 2 is 1.85 bits per heavy atom. The summed E-state index contributed by atoms with van der Waals surface area (Å²) >= 11 is 0. The van der Waals surface area contributed by atoms with Crippen molar-refractivity contribution >= 4 is 21.1 Å². The molecule has 0 fully saturated rings. The summed E-state index contributed by atoms with van der Waals surface area (Å²) in [5.41, 5.74) is 0.772. The summed E-state index contributed by atoms with van der Waals surface area (Å²) in [5, 5.41) is 11.5. The zero-order valence-electron chi connectivity index (χ0n) is 10.2. The summed E-state index contributed by atoms with van der Waals surface area (Å²) in [4.78, 5) is 0.815. The molecule has 0 atom stereocenters. The lowest BCUT2D eigenvalue weighted by Gasteiger charge is -2.40. The Labute approximate surface area is 111 Å².